The van der Waals surface area contributed by atoms with Gasteiger partial charge in [-0.1, -0.05) is 42.1 Å². The molecule has 7 heteroatoms. The number of imidazole rings is 1. The quantitative estimate of drug-likeness (QED) is 0.585. The fraction of sp³-hybridized carbons (Fsp3) is 0.200. The Kier molecular flexibility index (Phi) is 6.51. The molecule has 0 aliphatic carbocycles. The molecule has 27 heavy (non-hydrogen) atoms. The number of aliphatic hydroxyl groups is 1. The molecule has 3 rings (SSSR count). The van der Waals surface area contributed by atoms with E-state index >= 15 is 0 Å². The van der Waals surface area contributed by atoms with Crippen molar-refractivity contribution in [1.82, 2.24) is 9.55 Å². The van der Waals surface area contributed by atoms with Crippen LogP contribution >= 0.6 is 11.8 Å². The standard InChI is InChI=1S/C20H21N3O3S/c1-26-18-9-7-16(8-10-18)21-19(25)14-27-20-22-17(13-24)12-23(20)11-15-5-3-2-4-6-15/h2-10,12,24H,11,13-14H2,1H3,(H,21,25). The van der Waals surface area contributed by atoms with Gasteiger partial charge in [0.25, 0.3) is 0 Å². The first-order valence-corrected chi connectivity index (χ1v) is 9.44. The monoisotopic (exact) mass is 383 g/mol. The van der Waals surface area contributed by atoms with Crippen LogP contribution in [0.4, 0.5) is 5.69 Å². The lowest BCUT2D eigenvalue weighted by molar-refractivity contribution is -0.113. The molecule has 0 radical (unpaired) electrons. The van der Waals surface area contributed by atoms with Crippen LogP contribution in [-0.2, 0) is 17.9 Å². The number of ether oxygens (including phenoxy) is 1. The first-order chi connectivity index (χ1) is 13.2. The molecule has 0 saturated heterocycles. The number of rotatable bonds is 8. The van der Waals surface area contributed by atoms with Gasteiger partial charge < -0.3 is 19.7 Å². The van der Waals surface area contributed by atoms with Crippen LogP contribution in [-0.4, -0.2) is 33.4 Å². The number of nitrogens with one attached hydrogen (secondary N) is 1. The Balaban J connectivity index is 1.62. The number of carbonyl (C=O) groups excluding carboxylic acids is 1. The van der Waals surface area contributed by atoms with Crippen molar-refractivity contribution in [1.29, 1.82) is 0 Å². The molecular formula is C20H21N3O3S. The first-order valence-electron chi connectivity index (χ1n) is 8.45. The minimum absolute atomic E-state index is 0.120. The summed E-state index contributed by atoms with van der Waals surface area (Å²) < 4.78 is 7.06. The molecular weight excluding hydrogens is 362 g/mol. The van der Waals surface area contributed by atoms with Gasteiger partial charge in [0.1, 0.15) is 5.75 Å². The van der Waals surface area contributed by atoms with Crippen LogP contribution in [0, 0.1) is 0 Å². The van der Waals surface area contributed by atoms with Gasteiger partial charge in [-0.15, -0.1) is 0 Å². The van der Waals surface area contributed by atoms with Crippen molar-refractivity contribution >= 4 is 23.4 Å². The Hall–Kier alpha value is -2.77. The van der Waals surface area contributed by atoms with E-state index in [-0.39, 0.29) is 18.3 Å². The van der Waals surface area contributed by atoms with E-state index in [9.17, 15) is 9.90 Å². The maximum Gasteiger partial charge on any atom is 0.234 e. The molecule has 0 aliphatic rings. The summed E-state index contributed by atoms with van der Waals surface area (Å²) in [6.07, 6.45) is 1.82. The number of benzene rings is 2. The third-order valence-corrected chi connectivity index (χ3v) is 4.84. The normalized spacial score (nSPS) is 10.6. The number of methoxy groups -OCH3 is 1. The number of aromatic nitrogens is 2. The van der Waals surface area contributed by atoms with Gasteiger partial charge >= 0.3 is 0 Å². The lowest BCUT2D eigenvalue weighted by Gasteiger charge is -2.08. The second kappa shape index (κ2) is 9.25. The van der Waals surface area contributed by atoms with E-state index in [0.29, 0.717) is 23.1 Å². The highest BCUT2D eigenvalue weighted by Gasteiger charge is 2.11. The maximum absolute atomic E-state index is 12.2. The highest BCUT2D eigenvalue weighted by Crippen LogP contribution is 2.21. The predicted molar refractivity (Wildman–Crippen MR) is 106 cm³/mol. The zero-order valence-electron chi connectivity index (χ0n) is 15.0. The number of aliphatic hydroxyl groups excluding tert-OH is 1. The zero-order valence-corrected chi connectivity index (χ0v) is 15.8. The molecule has 6 nitrogen and oxygen atoms in total. The molecule has 2 N–H and O–H groups in total. The number of hydrogen-bond donors (Lipinski definition) is 2. The third-order valence-electron chi connectivity index (χ3n) is 3.85. The van der Waals surface area contributed by atoms with Crippen molar-refractivity contribution in [3.8, 4) is 5.75 Å². The van der Waals surface area contributed by atoms with E-state index in [0.717, 1.165) is 11.3 Å². The molecule has 1 amide bonds. The second-order valence-electron chi connectivity index (χ2n) is 5.85. The van der Waals surface area contributed by atoms with E-state index in [1.165, 1.54) is 11.8 Å². The van der Waals surface area contributed by atoms with Gasteiger partial charge in [0.05, 0.1) is 25.2 Å². The number of amides is 1. The minimum Gasteiger partial charge on any atom is -0.497 e. The number of thioether (sulfide) groups is 1. The van der Waals surface area contributed by atoms with Gasteiger partial charge in [-0.2, -0.15) is 0 Å². The largest absolute Gasteiger partial charge is 0.497 e. The number of nitrogens with zero attached hydrogens (tertiary/aromatic N) is 2. The summed E-state index contributed by atoms with van der Waals surface area (Å²) in [5.41, 5.74) is 2.43. The van der Waals surface area contributed by atoms with E-state index in [2.05, 4.69) is 10.3 Å². The van der Waals surface area contributed by atoms with Gasteiger partial charge in [-0.3, -0.25) is 4.79 Å². The van der Waals surface area contributed by atoms with E-state index < -0.39 is 0 Å². The van der Waals surface area contributed by atoms with Crippen LogP contribution in [0.3, 0.4) is 0 Å². The SMILES string of the molecule is COc1ccc(NC(=O)CSc2nc(CO)cn2Cc2ccccc2)cc1. The van der Waals surface area contributed by atoms with Gasteiger partial charge in [0.2, 0.25) is 5.91 Å². The molecule has 2 aromatic carbocycles. The Morgan fingerprint density at radius 1 is 1.19 bits per heavy atom. The van der Waals surface area contributed by atoms with Gasteiger partial charge in [0, 0.05) is 18.4 Å². The number of carbonyl (C=O) groups is 1. The average molecular weight is 383 g/mol. The molecule has 1 heterocycles. The summed E-state index contributed by atoms with van der Waals surface area (Å²) in [6.45, 7) is 0.504. The summed E-state index contributed by atoms with van der Waals surface area (Å²) in [5, 5.41) is 12.9. The second-order valence-corrected chi connectivity index (χ2v) is 6.79. The topological polar surface area (TPSA) is 76.4 Å². The molecule has 0 unspecified atom stereocenters. The molecule has 0 fully saturated rings. The molecule has 0 spiro atoms. The summed E-state index contributed by atoms with van der Waals surface area (Å²) in [5.74, 6) is 0.842. The third kappa shape index (κ3) is 5.35. The van der Waals surface area contributed by atoms with Crippen LogP contribution < -0.4 is 10.1 Å². The van der Waals surface area contributed by atoms with E-state index in [4.69, 9.17) is 4.74 Å². The van der Waals surface area contributed by atoms with Gasteiger partial charge in [0.15, 0.2) is 5.16 Å². The summed E-state index contributed by atoms with van der Waals surface area (Å²) in [7, 11) is 1.60. The summed E-state index contributed by atoms with van der Waals surface area (Å²) in [6, 6.07) is 17.2. The fourth-order valence-electron chi connectivity index (χ4n) is 2.54. The van der Waals surface area contributed by atoms with Crippen molar-refractivity contribution in [2.45, 2.75) is 18.3 Å². The summed E-state index contributed by atoms with van der Waals surface area (Å²) >= 11 is 1.34. The molecule has 0 saturated carbocycles. The van der Waals surface area contributed by atoms with Gasteiger partial charge in [-0.05, 0) is 29.8 Å². The smallest absolute Gasteiger partial charge is 0.234 e. The van der Waals surface area contributed by atoms with Crippen LogP contribution in [0.2, 0.25) is 0 Å². The minimum atomic E-state index is -0.132. The number of anilines is 1. The molecule has 1 aromatic heterocycles. The first kappa shape index (κ1) is 19.0. The Morgan fingerprint density at radius 2 is 1.93 bits per heavy atom. The zero-order chi connectivity index (χ0) is 19.1. The van der Waals surface area contributed by atoms with Crippen molar-refractivity contribution in [3.05, 3.63) is 72.1 Å². The lowest BCUT2D eigenvalue weighted by atomic mass is 10.2. The Morgan fingerprint density at radius 3 is 2.59 bits per heavy atom. The Labute approximate surface area is 162 Å². The van der Waals surface area contributed by atoms with Crippen molar-refractivity contribution < 1.29 is 14.6 Å². The van der Waals surface area contributed by atoms with Crippen LogP contribution in [0.15, 0.2) is 66.0 Å². The average Bonchev–Trinajstić information content (AvgIpc) is 3.09. The predicted octanol–water partition coefficient (Wildman–Crippen LogP) is 3.16. The number of hydrogen-bond acceptors (Lipinski definition) is 5. The van der Waals surface area contributed by atoms with E-state index in [1.807, 2.05) is 41.1 Å². The highest BCUT2D eigenvalue weighted by molar-refractivity contribution is 7.99. The van der Waals surface area contributed by atoms with Crippen molar-refractivity contribution in [3.63, 3.8) is 0 Å². The highest BCUT2D eigenvalue weighted by atomic mass is 32.2. The molecule has 3 aromatic rings. The molecule has 0 bridgehead atoms. The van der Waals surface area contributed by atoms with Crippen LogP contribution in [0.1, 0.15) is 11.3 Å². The fourth-order valence-corrected chi connectivity index (χ4v) is 3.33. The van der Waals surface area contributed by atoms with Crippen molar-refractivity contribution in [2.24, 2.45) is 0 Å². The molecule has 140 valence electrons. The lowest BCUT2D eigenvalue weighted by Crippen LogP contribution is -2.14. The summed E-state index contributed by atoms with van der Waals surface area (Å²) in [4.78, 5) is 16.6. The molecule has 0 atom stereocenters. The van der Waals surface area contributed by atoms with Gasteiger partial charge in [-0.25, -0.2) is 4.98 Å². The van der Waals surface area contributed by atoms with Crippen LogP contribution in [0.5, 0.6) is 5.75 Å². The van der Waals surface area contributed by atoms with Crippen LogP contribution in [0.25, 0.3) is 0 Å². The van der Waals surface area contributed by atoms with Crippen molar-refractivity contribution in [2.75, 3.05) is 18.2 Å². The maximum atomic E-state index is 12.2. The van der Waals surface area contributed by atoms with E-state index in [1.54, 1.807) is 31.4 Å². The Bertz CT molecular complexity index is 879. The molecule has 0 aliphatic heterocycles.